The Morgan fingerprint density at radius 1 is 1.21 bits per heavy atom. The molecule has 0 aliphatic rings. The third kappa shape index (κ3) is 4.48. The summed E-state index contributed by atoms with van der Waals surface area (Å²) in [5.41, 5.74) is 0.330. The molecular formula is C16H14F2N2O4. The van der Waals surface area contributed by atoms with Crippen LogP contribution in [0.4, 0.5) is 14.5 Å². The molecule has 0 aliphatic heterocycles. The molecule has 0 bridgehead atoms. The van der Waals surface area contributed by atoms with Gasteiger partial charge in [-0.2, -0.15) is 0 Å². The Kier molecular flexibility index (Phi) is 5.41. The summed E-state index contributed by atoms with van der Waals surface area (Å²) in [5.74, 6) is -2.11. The number of nitrogens with zero attached hydrogens (tertiary/aromatic N) is 1. The fourth-order valence-electron chi connectivity index (χ4n) is 1.96. The minimum absolute atomic E-state index is 0.0845. The van der Waals surface area contributed by atoms with Crippen molar-refractivity contribution in [2.24, 2.45) is 0 Å². The van der Waals surface area contributed by atoms with Crippen LogP contribution in [0.3, 0.4) is 0 Å². The third-order valence-corrected chi connectivity index (χ3v) is 3.24. The standard InChI is InChI=1S/C16H14F2N2O4/c1-10(11-2-7-14(17)15(18)8-11)19-16(21)9-24-13-5-3-12(4-6-13)20(22)23/h2-8,10H,9H2,1H3,(H,19,21). The molecule has 24 heavy (non-hydrogen) atoms. The van der Waals surface area contributed by atoms with Gasteiger partial charge in [-0.3, -0.25) is 14.9 Å². The Hall–Kier alpha value is -3.03. The van der Waals surface area contributed by atoms with Crippen molar-refractivity contribution >= 4 is 11.6 Å². The van der Waals surface area contributed by atoms with Crippen LogP contribution in [0.1, 0.15) is 18.5 Å². The number of amides is 1. The molecule has 0 aliphatic carbocycles. The van der Waals surface area contributed by atoms with Crippen LogP contribution in [0.2, 0.25) is 0 Å². The Morgan fingerprint density at radius 3 is 2.46 bits per heavy atom. The van der Waals surface area contributed by atoms with Crippen molar-refractivity contribution in [3.05, 3.63) is 69.8 Å². The SMILES string of the molecule is CC(NC(=O)COc1ccc([N+](=O)[O-])cc1)c1ccc(F)c(F)c1. The number of ether oxygens (including phenoxy) is 1. The van der Waals surface area contributed by atoms with E-state index < -0.39 is 28.5 Å². The van der Waals surface area contributed by atoms with E-state index in [2.05, 4.69) is 5.32 Å². The molecule has 0 saturated heterocycles. The van der Waals surface area contributed by atoms with Gasteiger partial charge in [0, 0.05) is 12.1 Å². The topological polar surface area (TPSA) is 81.5 Å². The molecule has 2 aromatic rings. The molecule has 2 rings (SSSR count). The quantitative estimate of drug-likeness (QED) is 0.649. The average molecular weight is 336 g/mol. The minimum Gasteiger partial charge on any atom is -0.484 e. The first kappa shape index (κ1) is 17.3. The smallest absolute Gasteiger partial charge is 0.269 e. The van der Waals surface area contributed by atoms with Gasteiger partial charge in [-0.1, -0.05) is 6.07 Å². The molecule has 0 heterocycles. The molecule has 1 unspecified atom stereocenters. The molecule has 0 fully saturated rings. The van der Waals surface area contributed by atoms with Crippen LogP contribution in [-0.4, -0.2) is 17.4 Å². The minimum atomic E-state index is -0.990. The van der Waals surface area contributed by atoms with Crippen LogP contribution in [-0.2, 0) is 4.79 Å². The molecule has 0 radical (unpaired) electrons. The van der Waals surface area contributed by atoms with Gasteiger partial charge in [0.2, 0.25) is 0 Å². The second-order valence-electron chi connectivity index (χ2n) is 5.00. The van der Waals surface area contributed by atoms with Crippen molar-refractivity contribution in [1.29, 1.82) is 0 Å². The predicted molar refractivity (Wildman–Crippen MR) is 81.5 cm³/mol. The molecule has 8 heteroatoms. The molecule has 0 saturated carbocycles. The zero-order valence-corrected chi connectivity index (χ0v) is 12.7. The second kappa shape index (κ2) is 7.49. The summed E-state index contributed by atoms with van der Waals surface area (Å²) >= 11 is 0. The molecule has 1 amide bonds. The number of nitrogens with one attached hydrogen (secondary N) is 1. The van der Waals surface area contributed by atoms with Gasteiger partial charge in [0.05, 0.1) is 11.0 Å². The molecular weight excluding hydrogens is 322 g/mol. The van der Waals surface area contributed by atoms with E-state index in [1.54, 1.807) is 6.92 Å². The summed E-state index contributed by atoms with van der Waals surface area (Å²) in [6.45, 7) is 1.31. The van der Waals surface area contributed by atoms with Gasteiger partial charge >= 0.3 is 0 Å². The number of carbonyl (C=O) groups excluding carboxylic acids is 1. The maximum absolute atomic E-state index is 13.2. The maximum atomic E-state index is 13.2. The van der Waals surface area contributed by atoms with Crippen molar-refractivity contribution in [3.8, 4) is 5.75 Å². The van der Waals surface area contributed by atoms with Crippen LogP contribution in [0, 0.1) is 21.7 Å². The number of nitro benzene ring substituents is 1. The van der Waals surface area contributed by atoms with Crippen molar-refractivity contribution in [3.63, 3.8) is 0 Å². The van der Waals surface area contributed by atoms with E-state index in [4.69, 9.17) is 4.74 Å². The lowest BCUT2D eigenvalue weighted by molar-refractivity contribution is -0.384. The van der Waals surface area contributed by atoms with Crippen molar-refractivity contribution < 1.29 is 23.2 Å². The summed E-state index contributed by atoms with van der Waals surface area (Å²) in [6.07, 6.45) is 0. The maximum Gasteiger partial charge on any atom is 0.269 e. The first-order valence-electron chi connectivity index (χ1n) is 6.98. The lowest BCUT2D eigenvalue weighted by Crippen LogP contribution is -2.31. The van der Waals surface area contributed by atoms with Crippen LogP contribution >= 0.6 is 0 Å². The Morgan fingerprint density at radius 2 is 1.88 bits per heavy atom. The monoisotopic (exact) mass is 336 g/mol. The number of carbonyl (C=O) groups is 1. The fourth-order valence-corrected chi connectivity index (χ4v) is 1.96. The molecule has 0 aromatic heterocycles. The van der Waals surface area contributed by atoms with Crippen molar-refractivity contribution in [1.82, 2.24) is 5.32 Å². The fraction of sp³-hybridized carbons (Fsp3) is 0.188. The Bertz CT molecular complexity index is 750. The van der Waals surface area contributed by atoms with Crippen LogP contribution < -0.4 is 10.1 Å². The first-order chi connectivity index (χ1) is 11.4. The van der Waals surface area contributed by atoms with E-state index in [9.17, 15) is 23.7 Å². The molecule has 6 nitrogen and oxygen atoms in total. The number of non-ortho nitro benzene ring substituents is 1. The Labute approximate surface area is 136 Å². The van der Waals surface area contributed by atoms with E-state index in [0.29, 0.717) is 11.3 Å². The van der Waals surface area contributed by atoms with Crippen molar-refractivity contribution in [2.45, 2.75) is 13.0 Å². The van der Waals surface area contributed by atoms with Crippen LogP contribution in [0.5, 0.6) is 5.75 Å². The zero-order chi connectivity index (χ0) is 17.7. The summed E-state index contributed by atoms with van der Waals surface area (Å²) in [7, 11) is 0. The van der Waals surface area contributed by atoms with Gasteiger partial charge in [-0.25, -0.2) is 8.78 Å². The number of rotatable bonds is 6. The number of hydrogen-bond acceptors (Lipinski definition) is 4. The first-order valence-corrected chi connectivity index (χ1v) is 6.98. The van der Waals surface area contributed by atoms with Crippen LogP contribution in [0.15, 0.2) is 42.5 Å². The predicted octanol–water partition coefficient (Wildman–Crippen LogP) is 3.13. The normalized spacial score (nSPS) is 11.6. The van der Waals surface area contributed by atoms with Gasteiger partial charge in [-0.15, -0.1) is 0 Å². The number of benzene rings is 2. The van der Waals surface area contributed by atoms with Crippen molar-refractivity contribution in [2.75, 3.05) is 6.61 Å². The summed E-state index contributed by atoms with van der Waals surface area (Å²) < 4.78 is 31.3. The summed E-state index contributed by atoms with van der Waals surface area (Å²) in [6, 6.07) is 8.12. The number of nitro groups is 1. The molecule has 1 N–H and O–H groups in total. The van der Waals surface area contributed by atoms with Gasteiger partial charge in [-0.05, 0) is 36.8 Å². The van der Waals surface area contributed by atoms with E-state index in [0.717, 1.165) is 12.1 Å². The lowest BCUT2D eigenvalue weighted by atomic mass is 10.1. The zero-order valence-electron chi connectivity index (χ0n) is 12.7. The van der Waals surface area contributed by atoms with Gasteiger partial charge in [0.1, 0.15) is 5.75 Å². The highest BCUT2D eigenvalue weighted by molar-refractivity contribution is 5.78. The molecule has 2 aromatic carbocycles. The third-order valence-electron chi connectivity index (χ3n) is 3.24. The van der Waals surface area contributed by atoms with Crippen LogP contribution in [0.25, 0.3) is 0 Å². The number of halogens is 2. The van der Waals surface area contributed by atoms with Gasteiger partial charge < -0.3 is 10.1 Å². The highest BCUT2D eigenvalue weighted by Crippen LogP contribution is 2.18. The van der Waals surface area contributed by atoms with E-state index in [1.807, 2.05) is 0 Å². The summed E-state index contributed by atoms with van der Waals surface area (Å²) in [4.78, 5) is 21.8. The molecule has 0 spiro atoms. The van der Waals surface area contributed by atoms with E-state index in [1.165, 1.54) is 30.3 Å². The highest BCUT2D eigenvalue weighted by Gasteiger charge is 2.13. The highest BCUT2D eigenvalue weighted by atomic mass is 19.2. The average Bonchev–Trinajstić information content (AvgIpc) is 2.55. The molecule has 126 valence electrons. The van der Waals surface area contributed by atoms with E-state index >= 15 is 0 Å². The summed E-state index contributed by atoms with van der Waals surface area (Å²) in [5, 5.41) is 13.1. The largest absolute Gasteiger partial charge is 0.484 e. The molecule has 1 atom stereocenters. The van der Waals surface area contributed by atoms with E-state index in [-0.39, 0.29) is 12.3 Å². The Balaban J connectivity index is 1.88. The number of hydrogen-bond donors (Lipinski definition) is 1. The van der Waals surface area contributed by atoms with Gasteiger partial charge in [0.25, 0.3) is 11.6 Å². The van der Waals surface area contributed by atoms with Gasteiger partial charge in [0.15, 0.2) is 18.2 Å². The lowest BCUT2D eigenvalue weighted by Gasteiger charge is -2.15. The second-order valence-corrected chi connectivity index (χ2v) is 5.00.